The summed E-state index contributed by atoms with van der Waals surface area (Å²) < 4.78 is 64.8. The van der Waals surface area contributed by atoms with E-state index in [1.54, 1.807) is 32.9 Å². The number of non-ortho nitro benzene ring substituents is 1. The molecule has 0 fully saturated rings. The number of benzene rings is 3. The summed E-state index contributed by atoms with van der Waals surface area (Å²) in [5.74, 6) is -1.25. The lowest BCUT2D eigenvalue weighted by Gasteiger charge is -2.20. The molecule has 3 aromatic rings. The summed E-state index contributed by atoms with van der Waals surface area (Å²) in [4.78, 5) is 22.8. The Kier molecular flexibility index (Phi) is 11.0. The Morgan fingerprint density at radius 2 is 1.65 bits per heavy atom. The highest BCUT2D eigenvalue weighted by molar-refractivity contribution is 9.10. The second-order valence-electron chi connectivity index (χ2n) is 9.44. The van der Waals surface area contributed by atoms with E-state index < -0.39 is 42.9 Å². The van der Waals surface area contributed by atoms with Gasteiger partial charge in [-0.25, -0.2) is 13.8 Å². The standard InChI is InChI=1S/C27H29BrN4O9S2/c1-5-40-24-15-19(14-23(28)26(24)41-43(38,39)22-12-8-20(9-13-22)32(34)35)16-29-30-27(33)25(17(2)3)31-42(36,37)21-10-6-18(4)7-11-21/h6-17,25,31H,5H2,1-4H3,(H,30,33)/b29-16-/t25-/m1/s1. The van der Waals surface area contributed by atoms with Gasteiger partial charge in [0.15, 0.2) is 11.5 Å². The number of ether oxygens (including phenoxy) is 1. The van der Waals surface area contributed by atoms with Crippen LogP contribution in [-0.2, 0) is 24.9 Å². The van der Waals surface area contributed by atoms with Crippen LogP contribution < -0.4 is 19.1 Å². The van der Waals surface area contributed by atoms with Crippen LogP contribution in [0.3, 0.4) is 0 Å². The number of nitrogens with one attached hydrogen (secondary N) is 2. The number of hydrogen-bond acceptors (Lipinski definition) is 10. The number of hydrogen-bond donors (Lipinski definition) is 2. The number of nitrogens with zero attached hydrogens (tertiary/aromatic N) is 2. The number of halogens is 1. The summed E-state index contributed by atoms with van der Waals surface area (Å²) in [7, 11) is -8.38. The van der Waals surface area contributed by atoms with Gasteiger partial charge < -0.3 is 8.92 Å². The zero-order valence-electron chi connectivity index (χ0n) is 23.5. The molecule has 3 aromatic carbocycles. The van der Waals surface area contributed by atoms with E-state index in [0.29, 0.717) is 5.56 Å². The largest absolute Gasteiger partial charge is 0.490 e. The minimum atomic E-state index is -4.39. The summed E-state index contributed by atoms with van der Waals surface area (Å²) in [5, 5.41) is 14.8. The van der Waals surface area contributed by atoms with Gasteiger partial charge in [0.1, 0.15) is 10.9 Å². The molecule has 0 aliphatic rings. The lowest BCUT2D eigenvalue weighted by atomic mass is 10.1. The van der Waals surface area contributed by atoms with Gasteiger partial charge in [-0.3, -0.25) is 14.9 Å². The fraction of sp³-hybridized carbons (Fsp3) is 0.259. The van der Waals surface area contributed by atoms with Crippen molar-refractivity contribution in [2.45, 2.75) is 43.5 Å². The van der Waals surface area contributed by atoms with E-state index in [2.05, 4.69) is 31.2 Å². The van der Waals surface area contributed by atoms with Gasteiger partial charge in [0.2, 0.25) is 10.0 Å². The molecular formula is C27H29BrN4O9S2. The maximum atomic E-state index is 12.9. The third kappa shape index (κ3) is 8.82. The third-order valence-electron chi connectivity index (χ3n) is 5.81. The van der Waals surface area contributed by atoms with Crippen LogP contribution in [0.2, 0.25) is 0 Å². The molecule has 0 heterocycles. The molecule has 0 aromatic heterocycles. The normalized spacial score (nSPS) is 12.7. The quantitative estimate of drug-likeness (QED) is 0.114. The van der Waals surface area contributed by atoms with Crippen molar-refractivity contribution in [3.8, 4) is 11.5 Å². The molecule has 0 saturated heterocycles. The number of carbonyl (C=O) groups is 1. The maximum absolute atomic E-state index is 12.9. The number of hydrazone groups is 1. The zero-order valence-corrected chi connectivity index (χ0v) is 26.7. The van der Waals surface area contributed by atoms with Crippen molar-refractivity contribution in [1.29, 1.82) is 0 Å². The zero-order chi connectivity index (χ0) is 31.9. The van der Waals surface area contributed by atoms with E-state index in [4.69, 9.17) is 8.92 Å². The van der Waals surface area contributed by atoms with Crippen LogP contribution in [0.25, 0.3) is 0 Å². The summed E-state index contributed by atoms with van der Waals surface area (Å²) in [5.41, 5.74) is 3.30. The molecule has 0 radical (unpaired) electrons. The summed E-state index contributed by atoms with van der Waals surface area (Å²) in [6.07, 6.45) is 1.26. The van der Waals surface area contributed by atoms with Crippen molar-refractivity contribution in [3.63, 3.8) is 0 Å². The smallest absolute Gasteiger partial charge is 0.339 e. The number of nitro benzene ring substituents is 1. The topological polar surface area (TPSA) is 183 Å². The second kappa shape index (κ2) is 14.1. The first-order valence-corrected chi connectivity index (χ1v) is 16.4. The Labute approximate surface area is 257 Å². The molecule has 3 rings (SSSR count). The van der Waals surface area contributed by atoms with Gasteiger partial charge >= 0.3 is 10.1 Å². The molecule has 1 amide bonds. The molecule has 1 atom stereocenters. The highest BCUT2D eigenvalue weighted by Gasteiger charge is 2.28. The molecule has 0 aliphatic carbocycles. The SMILES string of the molecule is CCOc1cc(/C=N\NC(=O)[C@H](NS(=O)(=O)c2ccc(C)cc2)C(C)C)cc(Br)c1OS(=O)(=O)c1ccc([N+](=O)[O-])cc1. The Balaban J connectivity index is 1.79. The Bertz CT molecular complexity index is 1730. The van der Waals surface area contributed by atoms with E-state index in [9.17, 15) is 31.7 Å². The second-order valence-corrected chi connectivity index (χ2v) is 13.6. The van der Waals surface area contributed by atoms with E-state index >= 15 is 0 Å². The van der Waals surface area contributed by atoms with Crippen LogP contribution in [0.15, 0.2) is 80.0 Å². The van der Waals surface area contributed by atoms with E-state index in [-0.39, 0.29) is 38.1 Å². The highest BCUT2D eigenvalue weighted by Crippen LogP contribution is 2.38. The number of carbonyl (C=O) groups excluding carboxylic acids is 1. The molecule has 0 bridgehead atoms. The molecule has 13 nitrogen and oxygen atoms in total. The van der Waals surface area contributed by atoms with Crippen LogP contribution >= 0.6 is 15.9 Å². The summed E-state index contributed by atoms with van der Waals surface area (Å²) >= 11 is 3.26. The van der Waals surface area contributed by atoms with E-state index in [1.165, 1.54) is 30.5 Å². The first-order chi connectivity index (χ1) is 20.1. The predicted molar refractivity (Wildman–Crippen MR) is 162 cm³/mol. The van der Waals surface area contributed by atoms with E-state index in [0.717, 1.165) is 29.8 Å². The lowest BCUT2D eigenvalue weighted by molar-refractivity contribution is -0.384. The van der Waals surface area contributed by atoms with Gasteiger partial charge in [-0.05, 0) is 77.7 Å². The van der Waals surface area contributed by atoms with Crippen LogP contribution in [0.1, 0.15) is 31.9 Å². The maximum Gasteiger partial charge on any atom is 0.339 e. The van der Waals surface area contributed by atoms with Crippen LogP contribution in [0.4, 0.5) is 5.69 Å². The molecule has 16 heteroatoms. The fourth-order valence-electron chi connectivity index (χ4n) is 3.58. The highest BCUT2D eigenvalue weighted by atomic mass is 79.9. The van der Waals surface area contributed by atoms with Crippen molar-refractivity contribution in [3.05, 3.63) is 86.4 Å². The summed E-state index contributed by atoms with van der Waals surface area (Å²) in [6.45, 7) is 7.01. The minimum absolute atomic E-state index is 0.0197. The van der Waals surface area contributed by atoms with Gasteiger partial charge in [-0.1, -0.05) is 31.5 Å². The van der Waals surface area contributed by atoms with Gasteiger partial charge in [-0.2, -0.15) is 18.2 Å². The Morgan fingerprint density at radius 3 is 2.21 bits per heavy atom. The number of amides is 1. The molecule has 230 valence electrons. The molecule has 0 aliphatic heterocycles. The minimum Gasteiger partial charge on any atom is -0.490 e. The summed E-state index contributed by atoms with van der Waals surface area (Å²) in [6, 6.07) is 12.1. The van der Waals surface area contributed by atoms with E-state index in [1.807, 2.05) is 6.92 Å². The van der Waals surface area contributed by atoms with Crippen molar-refractivity contribution in [2.24, 2.45) is 11.0 Å². The van der Waals surface area contributed by atoms with Crippen LogP contribution in [-0.4, -0.2) is 46.5 Å². The van der Waals surface area contributed by atoms with Crippen molar-refractivity contribution >= 4 is 53.9 Å². The number of aryl methyl sites for hydroxylation is 1. The number of rotatable bonds is 13. The molecule has 2 N–H and O–H groups in total. The average Bonchev–Trinajstić information content (AvgIpc) is 2.94. The van der Waals surface area contributed by atoms with Crippen molar-refractivity contribution < 1.29 is 35.5 Å². The first kappa shape index (κ1) is 33.6. The lowest BCUT2D eigenvalue weighted by Crippen LogP contribution is -2.48. The molecule has 0 saturated carbocycles. The average molecular weight is 698 g/mol. The van der Waals surface area contributed by atoms with Crippen LogP contribution in [0.5, 0.6) is 11.5 Å². The Hall–Kier alpha value is -3.86. The van der Waals surface area contributed by atoms with Gasteiger partial charge in [-0.15, -0.1) is 0 Å². The third-order valence-corrected chi connectivity index (χ3v) is 9.09. The van der Waals surface area contributed by atoms with Crippen molar-refractivity contribution in [2.75, 3.05) is 6.61 Å². The molecule has 0 spiro atoms. The molecule has 43 heavy (non-hydrogen) atoms. The first-order valence-electron chi connectivity index (χ1n) is 12.7. The van der Waals surface area contributed by atoms with Crippen LogP contribution in [0, 0.1) is 23.0 Å². The Morgan fingerprint density at radius 1 is 1.05 bits per heavy atom. The molecule has 0 unspecified atom stereocenters. The number of sulfonamides is 1. The number of nitro groups is 1. The van der Waals surface area contributed by atoms with Gasteiger partial charge in [0.25, 0.3) is 11.6 Å². The molecular weight excluding hydrogens is 668 g/mol. The fourth-order valence-corrected chi connectivity index (χ4v) is 6.53. The van der Waals surface area contributed by atoms with Crippen molar-refractivity contribution in [1.82, 2.24) is 10.1 Å². The predicted octanol–water partition coefficient (Wildman–Crippen LogP) is 4.29. The monoisotopic (exact) mass is 696 g/mol. The van der Waals surface area contributed by atoms with Gasteiger partial charge in [0, 0.05) is 12.1 Å². The van der Waals surface area contributed by atoms with Gasteiger partial charge in [0.05, 0.1) is 27.1 Å².